The number of methoxy groups -OCH3 is 1. The lowest BCUT2D eigenvalue weighted by Gasteiger charge is -2.30. The van der Waals surface area contributed by atoms with Crippen molar-refractivity contribution in [3.8, 4) is 0 Å². The lowest BCUT2D eigenvalue weighted by Crippen LogP contribution is -2.28. The molecule has 3 nitrogen and oxygen atoms in total. The molecule has 0 N–H and O–H groups in total. The SMILES string of the molecule is CCCCc1ccc(C2CCC(OCC3=C(F)C(F)=C(OC)CC3)CO2)cc1. The Balaban J connectivity index is 1.47. The Bertz CT molecular complexity index is 701. The van der Waals surface area contributed by atoms with E-state index in [0.29, 0.717) is 25.0 Å². The van der Waals surface area contributed by atoms with E-state index >= 15 is 0 Å². The van der Waals surface area contributed by atoms with E-state index in [1.54, 1.807) is 0 Å². The van der Waals surface area contributed by atoms with E-state index in [1.807, 2.05) is 0 Å². The highest BCUT2D eigenvalue weighted by Crippen LogP contribution is 2.34. The summed E-state index contributed by atoms with van der Waals surface area (Å²) in [5.74, 6) is -1.65. The highest BCUT2D eigenvalue weighted by atomic mass is 19.2. The van der Waals surface area contributed by atoms with Gasteiger partial charge in [-0.2, -0.15) is 0 Å². The van der Waals surface area contributed by atoms with Gasteiger partial charge in [0.15, 0.2) is 11.7 Å². The molecule has 1 saturated heterocycles. The highest BCUT2D eigenvalue weighted by Gasteiger charge is 2.26. The van der Waals surface area contributed by atoms with Crippen LogP contribution in [0.4, 0.5) is 8.78 Å². The average molecular weight is 392 g/mol. The fraction of sp³-hybridized carbons (Fsp3) is 0.565. The molecular weight excluding hydrogens is 362 g/mol. The number of rotatable bonds is 8. The predicted octanol–water partition coefficient (Wildman–Crippen LogP) is 6.11. The third kappa shape index (κ3) is 5.21. The van der Waals surface area contributed by atoms with Gasteiger partial charge in [-0.15, -0.1) is 0 Å². The smallest absolute Gasteiger partial charge is 0.196 e. The average Bonchev–Trinajstić information content (AvgIpc) is 2.74. The van der Waals surface area contributed by atoms with Crippen LogP contribution in [0.2, 0.25) is 0 Å². The monoisotopic (exact) mass is 392 g/mol. The fourth-order valence-electron chi connectivity index (χ4n) is 3.71. The summed E-state index contributed by atoms with van der Waals surface area (Å²) in [5.41, 5.74) is 2.92. The molecule has 0 bridgehead atoms. The number of hydrogen-bond donors (Lipinski definition) is 0. The second-order valence-electron chi connectivity index (χ2n) is 7.54. The van der Waals surface area contributed by atoms with Gasteiger partial charge >= 0.3 is 0 Å². The van der Waals surface area contributed by atoms with Gasteiger partial charge in [0.1, 0.15) is 5.76 Å². The van der Waals surface area contributed by atoms with Gasteiger partial charge in [-0.05, 0) is 48.8 Å². The molecule has 2 atom stereocenters. The van der Waals surface area contributed by atoms with E-state index in [2.05, 4.69) is 31.2 Å². The van der Waals surface area contributed by atoms with E-state index in [1.165, 1.54) is 31.1 Å². The summed E-state index contributed by atoms with van der Waals surface area (Å²) in [5, 5.41) is 0. The first-order valence-corrected chi connectivity index (χ1v) is 10.2. The van der Waals surface area contributed by atoms with E-state index in [9.17, 15) is 8.78 Å². The van der Waals surface area contributed by atoms with Crippen LogP contribution < -0.4 is 0 Å². The number of unbranched alkanes of at least 4 members (excludes halogenated alkanes) is 1. The van der Waals surface area contributed by atoms with Crippen LogP contribution in [-0.2, 0) is 20.6 Å². The van der Waals surface area contributed by atoms with E-state index < -0.39 is 11.7 Å². The molecule has 0 saturated carbocycles. The Morgan fingerprint density at radius 2 is 1.86 bits per heavy atom. The molecule has 1 aliphatic carbocycles. The summed E-state index contributed by atoms with van der Waals surface area (Å²) < 4.78 is 44.6. The second kappa shape index (κ2) is 10.2. The molecule has 0 radical (unpaired) electrons. The quantitative estimate of drug-likeness (QED) is 0.534. The third-order valence-corrected chi connectivity index (χ3v) is 5.55. The molecule has 1 aromatic rings. The number of aryl methyl sites for hydroxylation is 1. The summed E-state index contributed by atoms with van der Waals surface area (Å²) in [7, 11) is 1.36. The number of allylic oxidation sites excluding steroid dienone is 3. The Morgan fingerprint density at radius 3 is 2.50 bits per heavy atom. The van der Waals surface area contributed by atoms with Crippen molar-refractivity contribution in [3.05, 3.63) is 58.4 Å². The molecule has 28 heavy (non-hydrogen) atoms. The van der Waals surface area contributed by atoms with Crippen LogP contribution in [0.5, 0.6) is 0 Å². The zero-order chi connectivity index (χ0) is 19.9. The minimum atomic E-state index is -0.894. The van der Waals surface area contributed by atoms with Crippen molar-refractivity contribution in [1.82, 2.24) is 0 Å². The molecule has 0 aromatic heterocycles. The lowest BCUT2D eigenvalue weighted by molar-refractivity contribution is -0.0825. The molecule has 1 heterocycles. The maximum Gasteiger partial charge on any atom is 0.196 e. The molecule has 154 valence electrons. The Kier molecular flexibility index (Phi) is 7.63. The summed E-state index contributed by atoms with van der Waals surface area (Å²) in [6.07, 6.45) is 6.02. The summed E-state index contributed by atoms with van der Waals surface area (Å²) >= 11 is 0. The second-order valence-corrected chi connectivity index (χ2v) is 7.54. The minimum absolute atomic E-state index is 0.0748. The summed E-state index contributed by atoms with van der Waals surface area (Å²) in [4.78, 5) is 0. The predicted molar refractivity (Wildman–Crippen MR) is 105 cm³/mol. The highest BCUT2D eigenvalue weighted by molar-refractivity contribution is 5.32. The van der Waals surface area contributed by atoms with Gasteiger partial charge in [0.25, 0.3) is 0 Å². The lowest BCUT2D eigenvalue weighted by atomic mass is 9.98. The molecule has 1 aliphatic heterocycles. The molecule has 0 spiro atoms. The maximum atomic E-state index is 14.1. The Hall–Kier alpha value is -1.72. The van der Waals surface area contributed by atoms with E-state index in [4.69, 9.17) is 14.2 Å². The number of hydrogen-bond acceptors (Lipinski definition) is 3. The molecule has 1 fully saturated rings. The van der Waals surface area contributed by atoms with Crippen LogP contribution in [0.1, 0.15) is 62.7 Å². The van der Waals surface area contributed by atoms with Gasteiger partial charge in [0.2, 0.25) is 0 Å². The van der Waals surface area contributed by atoms with Gasteiger partial charge in [0, 0.05) is 6.42 Å². The maximum absolute atomic E-state index is 14.1. The first-order chi connectivity index (χ1) is 13.6. The molecular formula is C23H30F2O3. The molecule has 5 heteroatoms. The van der Waals surface area contributed by atoms with Crippen LogP contribution >= 0.6 is 0 Å². The zero-order valence-corrected chi connectivity index (χ0v) is 16.8. The third-order valence-electron chi connectivity index (χ3n) is 5.55. The molecule has 2 unspecified atom stereocenters. The summed E-state index contributed by atoms with van der Waals surface area (Å²) in [6, 6.07) is 8.68. The molecule has 1 aromatic carbocycles. The number of halogens is 2. The van der Waals surface area contributed by atoms with E-state index in [-0.39, 0.29) is 24.6 Å². The zero-order valence-electron chi connectivity index (χ0n) is 16.8. The standard InChI is InChI=1S/C23H30F2O3/c1-3-4-5-16-6-8-17(9-7-16)20-13-11-19(15-28-20)27-14-18-10-12-21(26-2)23(25)22(18)24/h6-9,19-20H,3-5,10-15H2,1-2H3. The normalized spacial score (nSPS) is 23.3. The minimum Gasteiger partial charge on any atom is -0.498 e. The Labute approximate surface area is 166 Å². The van der Waals surface area contributed by atoms with Gasteiger partial charge in [-0.1, -0.05) is 37.6 Å². The van der Waals surface area contributed by atoms with E-state index in [0.717, 1.165) is 19.3 Å². The first-order valence-electron chi connectivity index (χ1n) is 10.2. The van der Waals surface area contributed by atoms with Crippen LogP contribution in [0.15, 0.2) is 47.3 Å². The van der Waals surface area contributed by atoms with Crippen molar-refractivity contribution in [2.24, 2.45) is 0 Å². The van der Waals surface area contributed by atoms with Crippen molar-refractivity contribution in [1.29, 1.82) is 0 Å². The fourth-order valence-corrected chi connectivity index (χ4v) is 3.71. The number of ether oxygens (including phenoxy) is 3. The van der Waals surface area contributed by atoms with Crippen LogP contribution in [0.3, 0.4) is 0 Å². The van der Waals surface area contributed by atoms with Crippen molar-refractivity contribution >= 4 is 0 Å². The molecule has 0 amide bonds. The number of benzene rings is 1. The molecule has 2 aliphatic rings. The largest absolute Gasteiger partial charge is 0.498 e. The van der Waals surface area contributed by atoms with Crippen molar-refractivity contribution in [2.45, 2.75) is 64.1 Å². The van der Waals surface area contributed by atoms with Crippen molar-refractivity contribution in [3.63, 3.8) is 0 Å². The van der Waals surface area contributed by atoms with Crippen molar-refractivity contribution in [2.75, 3.05) is 20.3 Å². The van der Waals surface area contributed by atoms with Crippen LogP contribution in [-0.4, -0.2) is 26.4 Å². The van der Waals surface area contributed by atoms with Crippen molar-refractivity contribution < 1.29 is 23.0 Å². The van der Waals surface area contributed by atoms with Crippen LogP contribution in [0, 0.1) is 0 Å². The van der Waals surface area contributed by atoms with Crippen LogP contribution in [0.25, 0.3) is 0 Å². The van der Waals surface area contributed by atoms with Gasteiger partial charge in [0.05, 0.1) is 32.5 Å². The van der Waals surface area contributed by atoms with Gasteiger partial charge in [-0.3, -0.25) is 0 Å². The topological polar surface area (TPSA) is 27.7 Å². The Morgan fingerprint density at radius 1 is 1.07 bits per heavy atom. The summed E-state index contributed by atoms with van der Waals surface area (Å²) in [6.45, 7) is 2.77. The molecule has 3 rings (SSSR count). The van der Waals surface area contributed by atoms with Gasteiger partial charge < -0.3 is 14.2 Å². The van der Waals surface area contributed by atoms with Gasteiger partial charge in [-0.25, -0.2) is 8.78 Å². The first kappa shape index (κ1) is 21.0.